The smallest absolute Gasteiger partial charge is 0.334 e. The van der Waals surface area contributed by atoms with Gasteiger partial charge < -0.3 is 54.7 Å². The molecule has 2 heterocycles. The van der Waals surface area contributed by atoms with Crippen LogP contribution in [0.1, 0.15) is 110 Å². The molecule has 14 nitrogen and oxygen atoms in total. The highest BCUT2D eigenvalue weighted by molar-refractivity contribution is 5.70. The number of ether oxygens (including phenoxy) is 4. The van der Waals surface area contributed by atoms with E-state index in [4.69, 9.17) is 23.8 Å². The summed E-state index contributed by atoms with van der Waals surface area (Å²) in [5.41, 5.74) is 0. The van der Waals surface area contributed by atoms with E-state index < -0.39 is 87.1 Å². The van der Waals surface area contributed by atoms with Gasteiger partial charge in [0.15, 0.2) is 19.1 Å². The first-order chi connectivity index (χ1) is 22.7. The van der Waals surface area contributed by atoms with Crippen LogP contribution in [0.4, 0.5) is 0 Å². The fourth-order valence-corrected chi connectivity index (χ4v) is 5.98. The molecule has 0 aromatic carbocycles. The first-order valence-electron chi connectivity index (χ1n) is 17.8. The first kappa shape index (κ1) is 42.2. The lowest BCUT2D eigenvalue weighted by molar-refractivity contribution is -0.365. The molecule has 2 saturated heterocycles. The van der Waals surface area contributed by atoms with E-state index in [1.807, 2.05) is 0 Å². The molecule has 7 N–H and O–H groups in total. The SMILES string of the molecule is CCCCCCCCCCCCCCCCCCOC(=O)CON(C)[C@@H]1O[C@H](CO)[C@@H](O[C@@H]2O[C@H](CO)[C@H](O)[C@H](O)[C@H]2O)[C@H](O)[C@H]1O. The molecule has 2 aliphatic rings. The third-order valence-corrected chi connectivity index (χ3v) is 8.98. The summed E-state index contributed by atoms with van der Waals surface area (Å²) in [6.45, 7) is 0.687. The molecule has 0 unspecified atom stereocenters. The molecule has 0 aliphatic carbocycles. The van der Waals surface area contributed by atoms with Crippen molar-refractivity contribution in [2.75, 3.05) is 33.5 Å². The molecule has 2 rings (SSSR count). The molecule has 0 aromatic rings. The number of nitrogens with zero attached hydrogens (tertiary/aromatic N) is 1. The predicted octanol–water partition coefficient (Wildman–Crippen LogP) is 1.28. The number of unbranched alkanes of at least 4 members (excludes halogenated alkanes) is 15. The van der Waals surface area contributed by atoms with Gasteiger partial charge in [0, 0.05) is 7.05 Å². The number of hydrogen-bond acceptors (Lipinski definition) is 14. The standard InChI is InChI=1S/C33H63NO13/c1-3-4-5-6-7-8-9-10-11-12-13-14-15-16-17-18-19-43-25(37)22-44-34(2)32-29(41)28(40)31(24(21-36)45-32)47-33-30(42)27(39)26(38)23(20-35)46-33/h23-24,26-33,35-36,38-42H,3-22H2,1-2H3/t23-,24-,26+,27+,28-,29-,30-,31-,32-,33+/m1/s1. The Morgan fingerprint density at radius 2 is 1.15 bits per heavy atom. The summed E-state index contributed by atoms with van der Waals surface area (Å²) in [6, 6.07) is 0. The maximum atomic E-state index is 12.2. The zero-order chi connectivity index (χ0) is 34.6. The Bertz CT molecular complexity index is 806. The van der Waals surface area contributed by atoms with E-state index in [2.05, 4.69) is 6.92 Å². The summed E-state index contributed by atoms with van der Waals surface area (Å²) in [6.07, 6.45) is 4.74. The van der Waals surface area contributed by atoms with E-state index in [-0.39, 0.29) is 6.61 Å². The van der Waals surface area contributed by atoms with Crippen LogP contribution in [0.5, 0.6) is 0 Å². The Morgan fingerprint density at radius 1 is 0.638 bits per heavy atom. The van der Waals surface area contributed by atoms with Crippen molar-refractivity contribution in [3.63, 3.8) is 0 Å². The van der Waals surface area contributed by atoms with Crippen LogP contribution in [0, 0.1) is 0 Å². The van der Waals surface area contributed by atoms with Crippen molar-refractivity contribution in [3.8, 4) is 0 Å². The van der Waals surface area contributed by atoms with Crippen LogP contribution in [0.25, 0.3) is 0 Å². The molecule has 0 amide bonds. The second-order valence-corrected chi connectivity index (χ2v) is 12.9. The van der Waals surface area contributed by atoms with Gasteiger partial charge in [0.1, 0.15) is 48.8 Å². The van der Waals surface area contributed by atoms with Gasteiger partial charge in [0.2, 0.25) is 0 Å². The van der Waals surface area contributed by atoms with E-state index in [1.54, 1.807) is 0 Å². The van der Waals surface area contributed by atoms with Crippen molar-refractivity contribution in [1.29, 1.82) is 0 Å². The van der Waals surface area contributed by atoms with Crippen LogP contribution in [-0.4, -0.2) is 142 Å². The van der Waals surface area contributed by atoms with Crippen LogP contribution < -0.4 is 0 Å². The molecule has 10 atom stereocenters. The van der Waals surface area contributed by atoms with E-state index in [9.17, 15) is 40.5 Å². The fourth-order valence-electron chi connectivity index (χ4n) is 5.98. The van der Waals surface area contributed by atoms with Crippen LogP contribution in [0.15, 0.2) is 0 Å². The van der Waals surface area contributed by atoms with Crippen LogP contribution >= 0.6 is 0 Å². The number of hydrogen-bond donors (Lipinski definition) is 7. The van der Waals surface area contributed by atoms with Gasteiger partial charge in [0.05, 0.1) is 19.8 Å². The molecule has 0 bridgehead atoms. The zero-order valence-electron chi connectivity index (χ0n) is 28.4. The summed E-state index contributed by atoms with van der Waals surface area (Å²) in [7, 11) is 1.37. The van der Waals surface area contributed by atoms with Gasteiger partial charge in [-0.05, 0) is 6.42 Å². The van der Waals surface area contributed by atoms with E-state index in [1.165, 1.54) is 90.5 Å². The molecule has 2 aliphatic heterocycles. The number of carbonyl (C=O) groups excluding carboxylic acids is 1. The normalized spacial score (nSPS) is 31.4. The average molecular weight is 682 g/mol. The molecule has 14 heteroatoms. The monoisotopic (exact) mass is 681 g/mol. The highest BCUT2D eigenvalue weighted by Gasteiger charge is 2.51. The summed E-state index contributed by atoms with van der Waals surface area (Å²) in [4.78, 5) is 17.6. The molecule has 0 spiro atoms. The lowest BCUT2D eigenvalue weighted by Crippen LogP contribution is -2.66. The second-order valence-electron chi connectivity index (χ2n) is 12.9. The van der Waals surface area contributed by atoms with Crippen molar-refractivity contribution < 1.29 is 64.3 Å². The number of aliphatic hydroxyl groups excluding tert-OH is 7. The van der Waals surface area contributed by atoms with Crippen molar-refractivity contribution in [1.82, 2.24) is 5.06 Å². The number of esters is 1. The maximum absolute atomic E-state index is 12.2. The number of likely N-dealkylation sites (N-methyl/N-ethyl adjacent to an activating group) is 1. The fraction of sp³-hybridized carbons (Fsp3) is 0.970. The van der Waals surface area contributed by atoms with Gasteiger partial charge in [-0.1, -0.05) is 103 Å². The lowest BCUT2D eigenvalue weighted by Gasteiger charge is -2.47. The van der Waals surface area contributed by atoms with Gasteiger partial charge >= 0.3 is 5.97 Å². The number of carbonyl (C=O) groups is 1. The molecule has 0 saturated carbocycles. The topological polar surface area (TPSA) is 208 Å². The summed E-state index contributed by atoms with van der Waals surface area (Å²) in [5.74, 6) is -0.605. The minimum atomic E-state index is -1.76. The highest BCUT2D eigenvalue weighted by atomic mass is 16.7. The third-order valence-electron chi connectivity index (χ3n) is 8.98. The quantitative estimate of drug-likeness (QED) is 0.0412. The predicted molar refractivity (Wildman–Crippen MR) is 171 cm³/mol. The van der Waals surface area contributed by atoms with E-state index in [0.29, 0.717) is 0 Å². The minimum Gasteiger partial charge on any atom is -0.464 e. The molecule has 47 heavy (non-hydrogen) atoms. The van der Waals surface area contributed by atoms with E-state index >= 15 is 0 Å². The molecule has 278 valence electrons. The van der Waals surface area contributed by atoms with Crippen molar-refractivity contribution in [2.45, 2.75) is 171 Å². The summed E-state index contributed by atoms with van der Waals surface area (Å²) in [5, 5.41) is 72.0. The number of hydroxylamine groups is 2. The molecular formula is C33H63NO13. The van der Waals surface area contributed by atoms with E-state index in [0.717, 1.165) is 24.3 Å². The zero-order valence-corrected chi connectivity index (χ0v) is 28.4. The Hall–Kier alpha value is -1.01. The minimum absolute atomic E-state index is 0.273. The Balaban J connectivity index is 1.57. The largest absolute Gasteiger partial charge is 0.464 e. The van der Waals surface area contributed by atoms with Gasteiger partial charge in [0.25, 0.3) is 0 Å². The molecule has 0 aromatic heterocycles. The van der Waals surface area contributed by atoms with Crippen molar-refractivity contribution in [3.05, 3.63) is 0 Å². The summed E-state index contributed by atoms with van der Waals surface area (Å²) < 4.78 is 21.8. The van der Waals surface area contributed by atoms with Gasteiger partial charge in [-0.3, -0.25) is 4.84 Å². The average Bonchev–Trinajstić information content (AvgIpc) is 3.07. The van der Waals surface area contributed by atoms with Crippen LogP contribution in [0.3, 0.4) is 0 Å². The van der Waals surface area contributed by atoms with Gasteiger partial charge in [-0.25, -0.2) is 4.79 Å². The number of rotatable bonds is 25. The Kier molecular flexibility index (Phi) is 21.7. The molecular weight excluding hydrogens is 618 g/mol. The first-order valence-corrected chi connectivity index (χ1v) is 17.8. The second kappa shape index (κ2) is 24.2. The maximum Gasteiger partial charge on any atom is 0.334 e. The van der Waals surface area contributed by atoms with Crippen LogP contribution in [-0.2, 0) is 28.6 Å². The molecule has 0 radical (unpaired) electrons. The summed E-state index contributed by atoms with van der Waals surface area (Å²) >= 11 is 0. The van der Waals surface area contributed by atoms with Gasteiger partial charge in [-0.15, -0.1) is 0 Å². The molecule has 2 fully saturated rings. The van der Waals surface area contributed by atoms with Crippen molar-refractivity contribution >= 4 is 5.97 Å². The highest BCUT2D eigenvalue weighted by Crippen LogP contribution is 2.30. The number of aliphatic hydroxyl groups is 7. The lowest BCUT2D eigenvalue weighted by atomic mass is 9.96. The third kappa shape index (κ3) is 14.8. The van der Waals surface area contributed by atoms with Crippen LogP contribution in [0.2, 0.25) is 0 Å². The Morgan fingerprint density at radius 3 is 1.66 bits per heavy atom. The van der Waals surface area contributed by atoms with Gasteiger partial charge in [-0.2, -0.15) is 5.06 Å². The van der Waals surface area contributed by atoms with Crippen molar-refractivity contribution in [2.24, 2.45) is 0 Å². The Labute approximate surface area is 279 Å².